The molecule has 0 unspecified atom stereocenters. The molecule has 1 aliphatic rings. The third kappa shape index (κ3) is 4.66. The molecule has 1 aliphatic carbocycles. The van der Waals surface area contributed by atoms with E-state index in [0.717, 1.165) is 23.6 Å². The van der Waals surface area contributed by atoms with Crippen LogP contribution in [0.4, 0.5) is 13.2 Å². The van der Waals surface area contributed by atoms with Gasteiger partial charge in [0.05, 0.1) is 0 Å². The molecule has 0 N–H and O–H groups in total. The molecule has 0 spiro atoms. The van der Waals surface area contributed by atoms with Gasteiger partial charge in [-0.1, -0.05) is 51.2 Å². The van der Waals surface area contributed by atoms with Crippen molar-refractivity contribution in [1.82, 2.24) is 0 Å². The van der Waals surface area contributed by atoms with Gasteiger partial charge in [0.2, 0.25) is 0 Å². The highest BCUT2D eigenvalue weighted by atomic mass is 19.2. The number of hydrogen-bond acceptors (Lipinski definition) is 0. The minimum Gasteiger partial charge on any atom is -0.204 e. The Hall–Kier alpha value is -2.21. The summed E-state index contributed by atoms with van der Waals surface area (Å²) in [6, 6.07) is 9.83. The van der Waals surface area contributed by atoms with Crippen molar-refractivity contribution in [1.29, 1.82) is 0 Å². The first-order valence-electron chi connectivity index (χ1n) is 8.29. The van der Waals surface area contributed by atoms with E-state index < -0.39 is 17.5 Å². The van der Waals surface area contributed by atoms with Gasteiger partial charge in [0.15, 0.2) is 17.5 Å². The minimum absolute atomic E-state index is 0. The van der Waals surface area contributed by atoms with Gasteiger partial charge in [-0.15, -0.1) is 0 Å². The van der Waals surface area contributed by atoms with Crippen molar-refractivity contribution >= 4 is 0 Å². The molecule has 0 saturated heterocycles. The third-order valence-electron chi connectivity index (χ3n) is 4.73. The second-order valence-corrected chi connectivity index (χ2v) is 6.58. The van der Waals surface area contributed by atoms with Crippen LogP contribution in [0.2, 0.25) is 0 Å². The van der Waals surface area contributed by atoms with Crippen molar-refractivity contribution in [3.63, 3.8) is 0 Å². The highest BCUT2D eigenvalue weighted by Gasteiger charge is 2.19. The Morgan fingerprint density at radius 2 is 1.36 bits per heavy atom. The lowest BCUT2D eigenvalue weighted by atomic mass is 9.79. The van der Waals surface area contributed by atoms with Crippen LogP contribution in [0.25, 0.3) is 0 Å². The van der Waals surface area contributed by atoms with E-state index in [2.05, 4.69) is 30.9 Å². The Bertz CT molecular complexity index is 756. The van der Waals surface area contributed by atoms with Crippen molar-refractivity contribution in [3.05, 3.63) is 70.5 Å². The molecule has 25 heavy (non-hydrogen) atoms. The molecular weight excluding hydrogens is 321 g/mol. The molecule has 3 rings (SSSR count). The lowest BCUT2D eigenvalue weighted by molar-refractivity contribution is 0.348. The van der Waals surface area contributed by atoms with E-state index in [4.69, 9.17) is 0 Å². The summed E-state index contributed by atoms with van der Waals surface area (Å²) in [6.45, 7) is 2.30. The summed E-state index contributed by atoms with van der Waals surface area (Å²) < 4.78 is 39.3. The van der Waals surface area contributed by atoms with Gasteiger partial charge in [0.1, 0.15) is 0 Å². The Labute approximate surface area is 149 Å². The second kappa shape index (κ2) is 8.25. The predicted molar refractivity (Wildman–Crippen MR) is 98.0 cm³/mol. The lowest BCUT2D eigenvalue weighted by Gasteiger charge is -2.26. The molecule has 0 bridgehead atoms. The zero-order valence-corrected chi connectivity index (χ0v) is 13.6. The maximum absolute atomic E-state index is 13.2. The molecule has 2 aromatic rings. The van der Waals surface area contributed by atoms with Gasteiger partial charge < -0.3 is 0 Å². The summed E-state index contributed by atoms with van der Waals surface area (Å²) in [5.74, 6) is 3.07. The van der Waals surface area contributed by atoms with Crippen LogP contribution in [0.5, 0.6) is 0 Å². The molecule has 0 aromatic heterocycles. The highest BCUT2D eigenvalue weighted by molar-refractivity contribution is 5.44. The van der Waals surface area contributed by atoms with Crippen molar-refractivity contribution < 1.29 is 14.6 Å². The van der Waals surface area contributed by atoms with Crippen LogP contribution in [-0.2, 0) is 0 Å². The van der Waals surface area contributed by atoms with E-state index in [9.17, 15) is 13.2 Å². The van der Waals surface area contributed by atoms with Crippen molar-refractivity contribution in [2.75, 3.05) is 0 Å². The molecule has 0 atom stereocenters. The minimum atomic E-state index is -1.47. The molecule has 2 aromatic carbocycles. The first-order valence-corrected chi connectivity index (χ1v) is 8.29. The zero-order valence-electron chi connectivity index (χ0n) is 13.6. The van der Waals surface area contributed by atoms with Crippen molar-refractivity contribution in [2.45, 2.75) is 46.0 Å². The van der Waals surface area contributed by atoms with Gasteiger partial charge in [-0.2, -0.15) is 0 Å². The van der Waals surface area contributed by atoms with Gasteiger partial charge in [0.25, 0.3) is 0 Å². The average Bonchev–Trinajstić information content (AvgIpc) is 2.59. The Kier molecular flexibility index (Phi) is 6.31. The second-order valence-electron chi connectivity index (χ2n) is 6.58. The van der Waals surface area contributed by atoms with E-state index in [1.165, 1.54) is 31.2 Å². The molecule has 0 nitrogen and oxygen atoms in total. The van der Waals surface area contributed by atoms with E-state index in [1.807, 2.05) is 12.1 Å². The zero-order chi connectivity index (χ0) is 17.1. The molecular formula is C22H25F3. The summed E-state index contributed by atoms with van der Waals surface area (Å²) >= 11 is 0. The Morgan fingerprint density at radius 1 is 0.840 bits per heavy atom. The van der Waals surface area contributed by atoms with Crippen LogP contribution in [0.3, 0.4) is 0 Å². The summed E-state index contributed by atoms with van der Waals surface area (Å²) in [5.41, 5.74) is 2.22. The normalized spacial score (nSPS) is 19.5. The van der Waals surface area contributed by atoms with Gasteiger partial charge in [-0.3, -0.25) is 0 Å². The summed E-state index contributed by atoms with van der Waals surface area (Å²) in [6.07, 6.45) is 4.99. The van der Waals surface area contributed by atoms with E-state index in [-0.39, 0.29) is 14.4 Å². The molecule has 0 heterocycles. The molecule has 0 radical (unpaired) electrons. The average molecular weight is 346 g/mol. The lowest BCUT2D eigenvalue weighted by Crippen LogP contribution is -2.10. The molecule has 1 saturated carbocycles. The molecule has 1 fully saturated rings. The first kappa shape index (κ1) is 19.1. The topological polar surface area (TPSA) is 0 Å². The SMILES string of the molecule is C.CC1CCC(c2ccc(C#Cc3cc(F)c(F)c(F)c3)cc2)CC1.[HH]. The molecule has 0 amide bonds. The van der Waals surface area contributed by atoms with Crippen molar-refractivity contribution in [3.8, 4) is 11.8 Å². The predicted octanol–water partition coefficient (Wildman–Crippen LogP) is 6.68. The van der Waals surface area contributed by atoms with Gasteiger partial charge >= 0.3 is 0 Å². The maximum atomic E-state index is 13.2. The standard InChI is InChI=1S/C21H19F3.CH4.H2/c1-14-2-8-17(9-3-14)18-10-6-15(7-11-18)4-5-16-12-19(22)21(24)20(23)13-16;;/h6-7,10-14,17H,2-3,8-9H2,1H3;1H4;1H. The number of benzene rings is 2. The van der Waals surface area contributed by atoms with Crippen LogP contribution in [-0.4, -0.2) is 0 Å². The van der Waals surface area contributed by atoms with Crippen LogP contribution in [0, 0.1) is 35.2 Å². The van der Waals surface area contributed by atoms with Gasteiger partial charge in [0, 0.05) is 12.6 Å². The number of halogens is 3. The molecule has 3 heteroatoms. The smallest absolute Gasteiger partial charge is 0.194 e. The summed E-state index contributed by atoms with van der Waals surface area (Å²) in [7, 11) is 0. The number of hydrogen-bond donors (Lipinski definition) is 0. The Morgan fingerprint density at radius 3 is 1.92 bits per heavy atom. The van der Waals surface area contributed by atoms with E-state index in [1.54, 1.807) is 0 Å². The van der Waals surface area contributed by atoms with Gasteiger partial charge in [-0.05, 0) is 54.5 Å². The molecule has 0 aliphatic heterocycles. The maximum Gasteiger partial charge on any atom is 0.194 e. The fraction of sp³-hybridized carbons (Fsp3) is 0.364. The first-order chi connectivity index (χ1) is 11.5. The van der Waals surface area contributed by atoms with Crippen molar-refractivity contribution in [2.24, 2.45) is 5.92 Å². The largest absolute Gasteiger partial charge is 0.204 e. The van der Waals surface area contributed by atoms with Gasteiger partial charge in [-0.25, -0.2) is 13.2 Å². The fourth-order valence-corrected chi connectivity index (χ4v) is 3.20. The summed E-state index contributed by atoms with van der Waals surface area (Å²) in [4.78, 5) is 0. The molecule has 134 valence electrons. The fourth-order valence-electron chi connectivity index (χ4n) is 3.20. The highest BCUT2D eigenvalue weighted by Crippen LogP contribution is 2.35. The van der Waals surface area contributed by atoms with E-state index in [0.29, 0.717) is 5.92 Å². The van der Waals surface area contributed by atoms with Crippen LogP contribution >= 0.6 is 0 Å². The summed E-state index contributed by atoms with van der Waals surface area (Å²) in [5, 5.41) is 0. The Balaban J connectivity index is 0.00000169. The number of rotatable bonds is 1. The monoisotopic (exact) mass is 346 g/mol. The van der Waals surface area contributed by atoms with Crippen LogP contribution < -0.4 is 0 Å². The third-order valence-corrected chi connectivity index (χ3v) is 4.73. The van der Waals surface area contributed by atoms with Crippen LogP contribution in [0.15, 0.2) is 36.4 Å². The quantitative estimate of drug-likeness (QED) is 0.399. The van der Waals surface area contributed by atoms with Crippen LogP contribution in [0.1, 0.15) is 64.1 Å². The van der Waals surface area contributed by atoms with E-state index >= 15 is 0 Å².